The third kappa shape index (κ3) is 7.98. The van der Waals surface area contributed by atoms with E-state index in [0.717, 1.165) is 16.7 Å². The smallest absolute Gasteiger partial charge is 0.178 e. The van der Waals surface area contributed by atoms with E-state index >= 15 is 0 Å². The lowest BCUT2D eigenvalue weighted by Crippen LogP contribution is -2.10. The summed E-state index contributed by atoms with van der Waals surface area (Å²) in [6, 6.07) is 9.92. The van der Waals surface area contributed by atoms with Gasteiger partial charge in [0.05, 0.1) is 0 Å². The maximum absolute atomic E-state index is 11.9. The molecule has 0 saturated heterocycles. The maximum Gasteiger partial charge on any atom is 0.178 e. The summed E-state index contributed by atoms with van der Waals surface area (Å²) in [7, 11) is 0. The van der Waals surface area contributed by atoms with Crippen LogP contribution < -0.4 is 0 Å². The summed E-state index contributed by atoms with van der Waals surface area (Å²) in [5.74, 6) is 0.377. The lowest BCUT2D eigenvalue weighted by Gasteiger charge is -2.08. The van der Waals surface area contributed by atoms with Gasteiger partial charge in [-0.3, -0.25) is 0 Å². The Morgan fingerprint density at radius 1 is 1.05 bits per heavy atom. The normalized spacial score (nSPS) is 13.4. The highest BCUT2D eigenvalue weighted by molar-refractivity contribution is 5.54. The Kier molecular flexibility index (Phi) is 8.77. The van der Waals surface area contributed by atoms with Gasteiger partial charge >= 0.3 is 0 Å². The molecule has 1 aromatic rings. The minimum absolute atomic E-state index is 0.377. The van der Waals surface area contributed by atoms with Crippen molar-refractivity contribution in [3.63, 3.8) is 0 Å². The average Bonchev–Trinajstić information content (AvgIpc) is 2.43. The zero-order chi connectivity index (χ0) is 14.6. The van der Waals surface area contributed by atoms with E-state index in [1.165, 1.54) is 38.5 Å². The molecular weight excluding hydrogens is 246 g/mol. The van der Waals surface area contributed by atoms with Crippen LogP contribution in [0.15, 0.2) is 30.3 Å². The molecule has 0 saturated carbocycles. The average molecular weight is 275 g/mol. The van der Waals surface area contributed by atoms with Gasteiger partial charge in [0, 0.05) is 11.5 Å². The molecule has 2 nitrogen and oxygen atoms in total. The zero-order valence-electron chi connectivity index (χ0n) is 13.1. The number of rotatable bonds is 10. The van der Waals surface area contributed by atoms with Crippen molar-refractivity contribution >= 4 is 6.21 Å². The minimum Gasteiger partial charge on any atom is -0.624 e. The Hall–Kier alpha value is -1.31. The lowest BCUT2D eigenvalue weighted by molar-refractivity contribution is -0.472. The van der Waals surface area contributed by atoms with Gasteiger partial charge in [0.25, 0.3) is 0 Å². The molecule has 1 rings (SSSR count). The molecule has 0 N–H and O–H groups in total. The second-order valence-electron chi connectivity index (χ2n) is 5.74. The molecule has 0 heterocycles. The van der Waals surface area contributed by atoms with E-state index in [1.807, 2.05) is 36.5 Å². The molecular formula is C18H29NO. The van der Waals surface area contributed by atoms with Crippen molar-refractivity contribution in [2.45, 2.75) is 65.3 Å². The topological polar surface area (TPSA) is 26.1 Å². The molecule has 0 aromatic heterocycles. The van der Waals surface area contributed by atoms with Crippen LogP contribution in [0.3, 0.4) is 0 Å². The first-order valence-corrected chi connectivity index (χ1v) is 8.05. The van der Waals surface area contributed by atoms with Crippen LogP contribution in [0.5, 0.6) is 0 Å². The number of hydrogen-bond acceptors (Lipinski definition) is 1. The predicted molar refractivity (Wildman–Crippen MR) is 87.0 cm³/mol. The highest BCUT2D eigenvalue weighted by Gasteiger charge is 2.04. The number of benzene rings is 1. The molecule has 2 heteroatoms. The number of unbranched alkanes of at least 4 members (excludes halogenated alkanes) is 5. The molecule has 0 bridgehead atoms. The first-order valence-electron chi connectivity index (χ1n) is 8.05. The fourth-order valence-electron chi connectivity index (χ4n) is 2.42. The fraction of sp³-hybridized carbons (Fsp3) is 0.611. The zero-order valence-corrected chi connectivity index (χ0v) is 13.1. The molecule has 1 atom stereocenters. The van der Waals surface area contributed by atoms with Crippen LogP contribution in [0.1, 0.15) is 64.4 Å². The second kappa shape index (κ2) is 10.5. The summed E-state index contributed by atoms with van der Waals surface area (Å²) in [6.45, 7) is 4.84. The van der Waals surface area contributed by atoms with Crippen LogP contribution in [0, 0.1) is 11.1 Å². The van der Waals surface area contributed by atoms with Crippen LogP contribution in [0.4, 0.5) is 0 Å². The molecule has 0 aliphatic carbocycles. The van der Waals surface area contributed by atoms with Gasteiger partial charge in [-0.1, -0.05) is 82.7 Å². The maximum atomic E-state index is 11.9. The molecule has 0 fully saturated rings. The first kappa shape index (κ1) is 16.7. The van der Waals surface area contributed by atoms with Crippen molar-refractivity contribution in [3.8, 4) is 0 Å². The summed E-state index contributed by atoms with van der Waals surface area (Å²) >= 11 is 0. The number of hydroxylamine groups is 1. The van der Waals surface area contributed by atoms with Gasteiger partial charge in [0.2, 0.25) is 0 Å². The molecule has 0 spiro atoms. The third-order valence-corrected chi connectivity index (χ3v) is 3.62. The van der Waals surface area contributed by atoms with E-state index in [2.05, 4.69) is 13.8 Å². The van der Waals surface area contributed by atoms with Crippen LogP contribution >= 0.6 is 0 Å². The third-order valence-electron chi connectivity index (χ3n) is 3.62. The summed E-state index contributed by atoms with van der Waals surface area (Å²) in [5.41, 5.74) is 1.07. The minimum atomic E-state index is 0.377. The van der Waals surface area contributed by atoms with Crippen LogP contribution in [-0.4, -0.2) is 11.0 Å². The van der Waals surface area contributed by atoms with Crippen LogP contribution in [0.25, 0.3) is 0 Å². The van der Waals surface area contributed by atoms with E-state index in [1.54, 1.807) is 0 Å². The Balaban J connectivity index is 2.19. The summed E-state index contributed by atoms with van der Waals surface area (Å²) in [6.07, 6.45) is 10.8. The largest absolute Gasteiger partial charge is 0.624 e. The van der Waals surface area contributed by atoms with Crippen molar-refractivity contribution in [2.75, 3.05) is 0 Å². The molecule has 112 valence electrons. The predicted octanol–water partition coefficient (Wildman–Crippen LogP) is 5.15. The van der Waals surface area contributed by atoms with Crippen molar-refractivity contribution in [2.24, 2.45) is 5.92 Å². The van der Waals surface area contributed by atoms with E-state index in [9.17, 15) is 5.21 Å². The van der Waals surface area contributed by atoms with Crippen molar-refractivity contribution in [3.05, 3.63) is 41.1 Å². The SMILES string of the molecule is CCCCCCCCC(C)C=[N+]([O-])Cc1ccccc1. The van der Waals surface area contributed by atoms with Gasteiger partial charge in [-0.05, 0) is 6.42 Å². The highest BCUT2D eigenvalue weighted by Crippen LogP contribution is 2.11. The van der Waals surface area contributed by atoms with Gasteiger partial charge in [-0.25, -0.2) is 4.74 Å². The Morgan fingerprint density at radius 2 is 1.70 bits per heavy atom. The number of hydrogen-bond donors (Lipinski definition) is 0. The first-order chi connectivity index (χ1) is 9.72. The van der Waals surface area contributed by atoms with Crippen molar-refractivity contribution < 1.29 is 4.74 Å². The highest BCUT2D eigenvalue weighted by atomic mass is 16.5. The monoisotopic (exact) mass is 275 g/mol. The molecule has 20 heavy (non-hydrogen) atoms. The quantitative estimate of drug-likeness (QED) is 0.190. The van der Waals surface area contributed by atoms with Gasteiger partial charge in [-0.15, -0.1) is 0 Å². The molecule has 1 unspecified atom stereocenters. The number of nitrogens with zero attached hydrogens (tertiary/aromatic N) is 1. The Labute approximate surface area is 124 Å². The molecule has 0 amide bonds. The van der Waals surface area contributed by atoms with Crippen LogP contribution in [0.2, 0.25) is 0 Å². The van der Waals surface area contributed by atoms with Gasteiger partial charge in [-0.2, -0.15) is 0 Å². The molecule has 0 aliphatic rings. The molecule has 0 aliphatic heterocycles. The van der Waals surface area contributed by atoms with E-state index in [4.69, 9.17) is 0 Å². The molecule has 1 aromatic carbocycles. The second-order valence-corrected chi connectivity index (χ2v) is 5.74. The summed E-state index contributed by atoms with van der Waals surface area (Å²) in [5, 5.41) is 11.9. The van der Waals surface area contributed by atoms with Crippen molar-refractivity contribution in [1.82, 2.24) is 0 Å². The summed E-state index contributed by atoms with van der Waals surface area (Å²) < 4.78 is 1.08. The Bertz CT molecular complexity index is 372. The summed E-state index contributed by atoms with van der Waals surface area (Å²) in [4.78, 5) is 0. The van der Waals surface area contributed by atoms with E-state index < -0.39 is 0 Å². The lowest BCUT2D eigenvalue weighted by atomic mass is 10.0. The fourth-order valence-corrected chi connectivity index (χ4v) is 2.42. The molecule has 0 radical (unpaired) electrons. The Morgan fingerprint density at radius 3 is 2.40 bits per heavy atom. The van der Waals surface area contributed by atoms with E-state index in [0.29, 0.717) is 12.5 Å². The van der Waals surface area contributed by atoms with Gasteiger partial charge in [0.1, 0.15) is 0 Å². The van der Waals surface area contributed by atoms with Gasteiger partial charge in [0.15, 0.2) is 12.8 Å². The van der Waals surface area contributed by atoms with E-state index in [-0.39, 0.29) is 0 Å². The van der Waals surface area contributed by atoms with Gasteiger partial charge < -0.3 is 5.21 Å². The standard InChI is InChI=1S/C18H29NO/c1-3-4-5-6-7-9-12-17(2)15-19(20)16-18-13-10-8-11-14-18/h8,10-11,13-15,17H,3-7,9,12,16H2,1-2H3. The van der Waals surface area contributed by atoms with Crippen molar-refractivity contribution in [1.29, 1.82) is 0 Å². The van der Waals surface area contributed by atoms with Crippen LogP contribution in [-0.2, 0) is 6.54 Å².